The van der Waals surface area contributed by atoms with Crippen molar-refractivity contribution in [1.29, 1.82) is 0 Å². The maximum atomic E-state index is 12.6. The van der Waals surface area contributed by atoms with Crippen molar-refractivity contribution in [1.82, 2.24) is 25.1 Å². The zero-order chi connectivity index (χ0) is 21.4. The van der Waals surface area contributed by atoms with Gasteiger partial charge in [0.15, 0.2) is 0 Å². The molecule has 31 heavy (non-hydrogen) atoms. The molecule has 0 unspecified atom stereocenters. The van der Waals surface area contributed by atoms with Crippen molar-refractivity contribution in [3.63, 3.8) is 0 Å². The normalized spacial score (nSPS) is 14.8. The van der Waals surface area contributed by atoms with Crippen molar-refractivity contribution in [2.24, 2.45) is 7.05 Å². The molecule has 1 aromatic carbocycles. The van der Waals surface area contributed by atoms with Gasteiger partial charge >= 0.3 is 0 Å². The lowest BCUT2D eigenvalue weighted by Gasteiger charge is -2.23. The van der Waals surface area contributed by atoms with Gasteiger partial charge in [-0.05, 0) is 55.6 Å². The second kappa shape index (κ2) is 8.17. The Morgan fingerprint density at radius 3 is 2.65 bits per heavy atom. The molecule has 158 valence electrons. The van der Waals surface area contributed by atoms with E-state index < -0.39 is 0 Å². The Labute approximate surface area is 184 Å². The van der Waals surface area contributed by atoms with E-state index in [4.69, 9.17) is 16.6 Å². The van der Waals surface area contributed by atoms with Crippen LogP contribution >= 0.6 is 11.6 Å². The van der Waals surface area contributed by atoms with E-state index >= 15 is 0 Å². The summed E-state index contributed by atoms with van der Waals surface area (Å²) in [6, 6.07) is 10.2. The van der Waals surface area contributed by atoms with Crippen LogP contribution in [0.25, 0.3) is 22.0 Å². The maximum absolute atomic E-state index is 12.6. The van der Waals surface area contributed by atoms with Crippen molar-refractivity contribution in [3.8, 4) is 11.3 Å². The molecule has 0 bridgehead atoms. The SMILES string of the molecule is Cn1cc(-c2nc(Nc3ccc(C4CCNCC4)cc3)c3c(=O)[nH]ccc3c2Cl)cn1. The maximum Gasteiger partial charge on any atom is 0.259 e. The third kappa shape index (κ3) is 3.82. The molecule has 0 aliphatic carbocycles. The van der Waals surface area contributed by atoms with Crippen molar-refractivity contribution in [3.05, 3.63) is 69.9 Å². The van der Waals surface area contributed by atoms with Crippen LogP contribution in [-0.4, -0.2) is 32.8 Å². The minimum Gasteiger partial charge on any atom is -0.340 e. The summed E-state index contributed by atoms with van der Waals surface area (Å²) in [6.07, 6.45) is 7.47. The average molecular weight is 435 g/mol. The van der Waals surface area contributed by atoms with Crippen LogP contribution in [0.5, 0.6) is 0 Å². The zero-order valence-electron chi connectivity index (χ0n) is 17.2. The minimum atomic E-state index is -0.238. The lowest BCUT2D eigenvalue weighted by molar-refractivity contribution is 0.460. The Hall–Kier alpha value is -3.16. The van der Waals surface area contributed by atoms with Gasteiger partial charge < -0.3 is 15.6 Å². The molecule has 1 aliphatic rings. The van der Waals surface area contributed by atoms with Gasteiger partial charge in [0.2, 0.25) is 0 Å². The number of aromatic amines is 1. The molecule has 4 aromatic rings. The molecule has 0 amide bonds. The van der Waals surface area contributed by atoms with E-state index in [1.165, 1.54) is 5.56 Å². The van der Waals surface area contributed by atoms with Crippen LogP contribution in [0.1, 0.15) is 24.3 Å². The Bertz CT molecular complexity index is 1290. The van der Waals surface area contributed by atoms with Crippen molar-refractivity contribution < 1.29 is 0 Å². The molecule has 4 heterocycles. The lowest BCUT2D eigenvalue weighted by atomic mass is 9.90. The molecule has 1 aliphatic heterocycles. The fraction of sp³-hybridized carbons (Fsp3) is 0.261. The van der Waals surface area contributed by atoms with Gasteiger partial charge in [-0.3, -0.25) is 9.48 Å². The molecule has 0 atom stereocenters. The van der Waals surface area contributed by atoms with Crippen LogP contribution in [0, 0.1) is 0 Å². The fourth-order valence-electron chi connectivity index (χ4n) is 4.20. The third-order valence-electron chi connectivity index (χ3n) is 5.83. The molecular weight excluding hydrogens is 412 g/mol. The summed E-state index contributed by atoms with van der Waals surface area (Å²) in [5.74, 6) is 1.06. The first-order chi connectivity index (χ1) is 15.1. The van der Waals surface area contributed by atoms with Gasteiger partial charge in [-0.15, -0.1) is 0 Å². The Morgan fingerprint density at radius 2 is 1.94 bits per heavy atom. The van der Waals surface area contributed by atoms with Crippen LogP contribution in [0.2, 0.25) is 5.02 Å². The number of benzene rings is 1. The number of hydrogen-bond donors (Lipinski definition) is 3. The molecule has 1 fully saturated rings. The van der Waals surface area contributed by atoms with Gasteiger partial charge in [0.25, 0.3) is 5.56 Å². The van der Waals surface area contributed by atoms with E-state index in [2.05, 4.69) is 32.8 Å². The molecule has 7 nitrogen and oxygen atoms in total. The standard InChI is InChI=1S/C23H23ClN6O/c1-30-13-16(12-27-30)21-20(24)18-8-11-26-23(31)19(18)22(29-21)28-17-4-2-14(3-5-17)15-6-9-25-10-7-15/h2-5,8,11-13,15,25H,6-7,9-10H2,1H3,(H,26,31)(H,28,29). The molecule has 3 aromatic heterocycles. The van der Waals surface area contributed by atoms with E-state index in [0.29, 0.717) is 33.2 Å². The number of rotatable bonds is 4. The van der Waals surface area contributed by atoms with Gasteiger partial charge in [0.05, 0.1) is 22.3 Å². The predicted molar refractivity (Wildman–Crippen MR) is 124 cm³/mol. The molecule has 5 rings (SSSR count). The number of pyridine rings is 2. The molecule has 0 spiro atoms. The second-order valence-corrected chi connectivity index (χ2v) is 8.27. The van der Waals surface area contributed by atoms with Crippen LogP contribution in [0.4, 0.5) is 11.5 Å². The number of aromatic nitrogens is 4. The van der Waals surface area contributed by atoms with E-state index in [0.717, 1.165) is 37.2 Å². The van der Waals surface area contributed by atoms with E-state index in [9.17, 15) is 4.79 Å². The summed E-state index contributed by atoms with van der Waals surface area (Å²) in [5.41, 5.74) is 3.35. The topological polar surface area (TPSA) is 87.6 Å². The number of H-pyrrole nitrogens is 1. The number of piperidine rings is 1. The molecule has 8 heteroatoms. The Morgan fingerprint density at radius 1 is 1.16 bits per heavy atom. The summed E-state index contributed by atoms with van der Waals surface area (Å²) >= 11 is 6.65. The molecule has 0 saturated carbocycles. The quantitative estimate of drug-likeness (QED) is 0.448. The van der Waals surface area contributed by atoms with Crippen molar-refractivity contribution in [2.45, 2.75) is 18.8 Å². The summed E-state index contributed by atoms with van der Waals surface area (Å²) in [5, 5.41) is 12.5. The molecular formula is C23H23ClN6O. The number of halogens is 1. The first-order valence-electron chi connectivity index (χ1n) is 10.4. The number of anilines is 2. The Balaban J connectivity index is 1.56. The molecule has 1 saturated heterocycles. The van der Waals surface area contributed by atoms with Crippen LogP contribution in [0.15, 0.2) is 53.7 Å². The average Bonchev–Trinajstić information content (AvgIpc) is 3.23. The highest BCUT2D eigenvalue weighted by Gasteiger charge is 2.18. The van der Waals surface area contributed by atoms with Gasteiger partial charge in [-0.1, -0.05) is 23.7 Å². The second-order valence-electron chi connectivity index (χ2n) is 7.89. The largest absolute Gasteiger partial charge is 0.340 e. The zero-order valence-corrected chi connectivity index (χ0v) is 17.9. The number of nitrogens with one attached hydrogen (secondary N) is 3. The summed E-state index contributed by atoms with van der Waals surface area (Å²) in [4.78, 5) is 20.1. The van der Waals surface area contributed by atoms with E-state index in [1.54, 1.807) is 23.1 Å². The highest BCUT2D eigenvalue weighted by molar-refractivity contribution is 6.38. The summed E-state index contributed by atoms with van der Waals surface area (Å²) < 4.78 is 1.70. The molecule has 3 N–H and O–H groups in total. The first kappa shape index (κ1) is 19.8. The first-order valence-corrected chi connectivity index (χ1v) is 10.8. The fourth-order valence-corrected chi connectivity index (χ4v) is 4.51. The highest BCUT2D eigenvalue weighted by atomic mass is 35.5. The number of nitrogens with zero attached hydrogens (tertiary/aromatic N) is 3. The monoisotopic (exact) mass is 434 g/mol. The van der Waals surface area contributed by atoms with Crippen LogP contribution in [0.3, 0.4) is 0 Å². The van der Waals surface area contributed by atoms with Gasteiger partial charge in [-0.25, -0.2) is 4.98 Å². The smallest absolute Gasteiger partial charge is 0.259 e. The van der Waals surface area contributed by atoms with Crippen LogP contribution < -0.4 is 16.2 Å². The molecule has 0 radical (unpaired) electrons. The lowest BCUT2D eigenvalue weighted by Crippen LogP contribution is -2.26. The van der Waals surface area contributed by atoms with Crippen molar-refractivity contribution >= 4 is 33.9 Å². The van der Waals surface area contributed by atoms with E-state index in [-0.39, 0.29) is 5.56 Å². The summed E-state index contributed by atoms with van der Waals surface area (Å²) in [6.45, 7) is 2.12. The van der Waals surface area contributed by atoms with E-state index in [1.807, 2.05) is 25.4 Å². The van der Waals surface area contributed by atoms with Gasteiger partial charge in [0, 0.05) is 36.1 Å². The van der Waals surface area contributed by atoms with Gasteiger partial charge in [-0.2, -0.15) is 5.10 Å². The highest BCUT2D eigenvalue weighted by Crippen LogP contribution is 2.35. The Kier molecular flexibility index (Phi) is 5.21. The number of hydrogen-bond acceptors (Lipinski definition) is 5. The summed E-state index contributed by atoms with van der Waals surface area (Å²) in [7, 11) is 1.84. The predicted octanol–water partition coefficient (Wildman–Crippen LogP) is 4.19. The number of fused-ring (bicyclic) bond motifs is 1. The third-order valence-corrected chi connectivity index (χ3v) is 6.21. The van der Waals surface area contributed by atoms with Crippen LogP contribution in [-0.2, 0) is 7.05 Å². The minimum absolute atomic E-state index is 0.238. The van der Waals surface area contributed by atoms with Crippen molar-refractivity contribution in [2.75, 3.05) is 18.4 Å². The van der Waals surface area contributed by atoms with Gasteiger partial charge in [0.1, 0.15) is 5.82 Å². The number of aryl methyl sites for hydroxylation is 1.